The maximum atomic E-state index is 13.0. The molecule has 0 spiro atoms. The molecule has 0 atom stereocenters. The van der Waals surface area contributed by atoms with Crippen molar-refractivity contribution in [1.29, 1.82) is 0 Å². The summed E-state index contributed by atoms with van der Waals surface area (Å²) in [4.78, 5) is 2.33. The minimum Gasteiger partial charge on any atom is -0.292 e. The summed E-state index contributed by atoms with van der Waals surface area (Å²) in [6.45, 7) is 2.99. The molecule has 18 heavy (non-hydrogen) atoms. The van der Waals surface area contributed by atoms with E-state index in [0.717, 1.165) is 44.0 Å². The van der Waals surface area contributed by atoms with Crippen LogP contribution in [-0.4, -0.2) is 24.5 Å². The number of aryl methyl sites for hydroxylation is 1. The van der Waals surface area contributed by atoms with Crippen molar-refractivity contribution in [3.8, 4) is 12.3 Å². The van der Waals surface area contributed by atoms with Gasteiger partial charge < -0.3 is 0 Å². The van der Waals surface area contributed by atoms with Crippen LogP contribution in [0.4, 0.5) is 4.39 Å². The van der Waals surface area contributed by atoms with E-state index in [-0.39, 0.29) is 5.82 Å². The topological polar surface area (TPSA) is 3.24 Å². The molecule has 1 fully saturated rings. The Morgan fingerprint density at radius 3 is 2.78 bits per heavy atom. The Kier molecular flexibility index (Phi) is 4.78. The first kappa shape index (κ1) is 13.1. The maximum Gasteiger partial charge on any atom is 0.123 e. The molecule has 96 valence electrons. The van der Waals surface area contributed by atoms with E-state index in [2.05, 4.69) is 10.8 Å². The maximum absolute atomic E-state index is 13.0. The summed E-state index contributed by atoms with van der Waals surface area (Å²) in [5.41, 5.74) is 1.11. The van der Waals surface area contributed by atoms with Crippen LogP contribution in [0.3, 0.4) is 0 Å². The van der Waals surface area contributed by atoms with Crippen LogP contribution < -0.4 is 0 Å². The van der Waals surface area contributed by atoms with Gasteiger partial charge in [-0.3, -0.25) is 4.90 Å². The van der Waals surface area contributed by atoms with Crippen LogP contribution in [0, 0.1) is 24.1 Å². The molecule has 0 saturated carbocycles. The molecule has 1 aromatic rings. The Morgan fingerprint density at radius 1 is 1.33 bits per heavy atom. The molecular formula is C16H20FN. The SMILES string of the molecule is C#CCN1CCC(CCc2cccc(F)c2)CC1. The number of terminal acetylenes is 1. The monoisotopic (exact) mass is 245 g/mol. The van der Waals surface area contributed by atoms with Crippen LogP contribution in [0.1, 0.15) is 24.8 Å². The standard InChI is InChI=1S/C16H20FN/c1-2-10-18-11-8-14(9-12-18)6-7-15-4-3-5-16(17)13-15/h1,3-5,13-14H,6-12H2. The van der Waals surface area contributed by atoms with Crippen molar-refractivity contribution in [3.63, 3.8) is 0 Å². The van der Waals surface area contributed by atoms with Crippen LogP contribution in [0.25, 0.3) is 0 Å². The summed E-state index contributed by atoms with van der Waals surface area (Å²) < 4.78 is 13.0. The number of nitrogens with zero attached hydrogens (tertiary/aromatic N) is 1. The van der Waals surface area contributed by atoms with Crippen molar-refractivity contribution in [2.75, 3.05) is 19.6 Å². The molecule has 1 aliphatic rings. The second-order valence-electron chi connectivity index (χ2n) is 5.09. The molecule has 0 radical (unpaired) electrons. The summed E-state index contributed by atoms with van der Waals surface area (Å²) in [7, 11) is 0. The smallest absolute Gasteiger partial charge is 0.123 e. The second-order valence-corrected chi connectivity index (χ2v) is 5.09. The second kappa shape index (κ2) is 6.56. The third-order valence-corrected chi connectivity index (χ3v) is 3.75. The van der Waals surface area contributed by atoms with E-state index < -0.39 is 0 Å². The van der Waals surface area contributed by atoms with E-state index in [4.69, 9.17) is 6.42 Å². The number of hydrogen-bond acceptors (Lipinski definition) is 1. The average molecular weight is 245 g/mol. The summed E-state index contributed by atoms with van der Waals surface area (Å²) in [6, 6.07) is 6.95. The number of likely N-dealkylation sites (tertiary alicyclic amines) is 1. The highest BCUT2D eigenvalue weighted by molar-refractivity contribution is 5.16. The van der Waals surface area contributed by atoms with Crippen molar-refractivity contribution in [1.82, 2.24) is 4.90 Å². The molecule has 1 nitrogen and oxygen atoms in total. The van der Waals surface area contributed by atoms with Gasteiger partial charge >= 0.3 is 0 Å². The quantitative estimate of drug-likeness (QED) is 0.737. The number of hydrogen-bond donors (Lipinski definition) is 0. The molecule has 0 bridgehead atoms. The molecule has 1 aliphatic heterocycles. The summed E-state index contributed by atoms with van der Waals surface area (Å²) in [5.74, 6) is 3.34. The number of benzene rings is 1. The van der Waals surface area contributed by atoms with Gasteiger partial charge in [-0.25, -0.2) is 4.39 Å². The molecule has 2 rings (SSSR count). The Labute approximate surface area is 109 Å². The van der Waals surface area contributed by atoms with Gasteiger partial charge in [0.15, 0.2) is 0 Å². The third kappa shape index (κ3) is 3.85. The molecule has 1 aromatic carbocycles. The van der Waals surface area contributed by atoms with Gasteiger partial charge in [0.1, 0.15) is 5.82 Å². The van der Waals surface area contributed by atoms with Gasteiger partial charge in [-0.1, -0.05) is 18.1 Å². The van der Waals surface area contributed by atoms with Crippen molar-refractivity contribution in [3.05, 3.63) is 35.6 Å². The predicted octanol–water partition coefficient (Wildman–Crippen LogP) is 3.10. The molecule has 0 N–H and O–H groups in total. The van der Waals surface area contributed by atoms with Gasteiger partial charge in [0, 0.05) is 0 Å². The fraction of sp³-hybridized carbons (Fsp3) is 0.500. The van der Waals surface area contributed by atoms with Crippen LogP contribution in [0.15, 0.2) is 24.3 Å². The van der Waals surface area contributed by atoms with Crippen LogP contribution in [0.2, 0.25) is 0 Å². The highest BCUT2D eigenvalue weighted by Gasteiger charge is 2.18. The van der Waals surface area contributed by atoms with Gasteiger partial charge in [-0.15, -0.1) is 6.42 Å². The van der Waals surface area contributed by atoms with Crippen molar-refractivity contribution in [2.45, 2.75) is 25.7 Å². The lowest BCUT2D eigenvalue weighted by Gasteiger charge is -2.30. The highest BCUT2D eigenvalue weighted by atomic mass is 19.1. The van der Waals surface area contributed by atoms with Gasteiger partial charge in [0.2, 0.25) is 0 Å². The van der Waals surface area contributed by atoms with E-state index in [0.29, 0.717) is 0 Å². The molecule has 0 aromatic heterocycles. The summed E-state index contributed by atoms with van der Waals surface area (Å²) in [6.07, 6.45) is 9.90. The molecule has 0 amide bonds. The van der Waals surface area contributed by atoms with Gasteiger partial charge in [-0.2, -0.15) is 0 Å². The van der Waals surface area contributed by atoms with Crippen molar-refractivity contribution >= 4 is 0 Å². The zero-order valence-electron chi connectivity index (χ0n) is 10.7. The Balaban J connectivity index is 1.74. The molecule has 1 saturated heterocycles. The molecule has 0 unspecified atom stereocenters. The normalized spacial score (nSPS) is 17.6. The first-order chi connectivity index (χ1) is 8.78. The van der Waals surface area contributed by atoms with E-state index in [1.807, 2.05) is 6.07 Å². The van der Waals surface area contributed by atoms with Crippen LogP contribution in [-0.2, 0) is 6.42 Å². The zero-order valence-corrected chi connectivity index (χ0v) is 10.7. The summed E-state index contributed by atoms with van der Waals surface area (Å²) in [5, 5.41) is 0. The highest BCUT2D eigenvalue weighted by Crippen LogP contribution is 2.22. The van der Waals surface area contributed by atoms with Gasteiger partial charge in [0.05, 0.1) is 6.54 Å². The first-order valence-electron chi connectivity index (χ1n) is 6.68. The molecule has 1 heterocycles. The van der Waals surface area contributed by atoms with Gasteiger partial charge in [-0.05, 0) is 62.4 Å². The number of piperidine rings is 1. The molecule has 0 aliphatic carbocycles. The fourth-order valence-corrected chi connectivity index (χ4v) is 2.63. The minimum atomic E-state index is -0.128. The largest absolute Gasteiger partial charge is 0.292 e. The van der Waals surface area contributed by atoms with E-state index in [1.54, 1.807) is 12.1 Å². The summed E-state index contributed by atoms with van der Waals surface area (Å²) >= 11 is 0. The van der Waals surface area contributed by atoms with Crippen molar-refractivity contribution < 1.29 is 4.39 Å². The van der Waals surface area contributed by atoms with E-state index in [1.165, 1.54) is 18.9 Å². The third-order valence-electron chi connectivity index (χ3n) is 3.75. The van der Waals surface area contributed by atoms with Gasteiger partial charge in [0.25, 0.3) is 0 Å². The Bertz CT molecular complexity index is 413. The minimum absolute atomic E-state index is 0.128. The lowest BCUT2D eigenvalue weighted by molar-refractivity contribution is 0.197. The van der Waals surface area contributed by atoms with E-state index in [9.17, 15) is 4.39 Å². The van der Waals surface area contributed by atoms with Crippen LogP contribution >= 0.6 is 0 Å². The Hall–Kier alpha value is -1.33. The molecule has 2 heteroatoms. The Morgan fingerprint density at radius 2 is 2.11 bits per heavy atom. The average Bonchev–Trinajstić information content (AvgIpc) is 2.38. The van der Waals surface area contributed by atoms with Crippen LogP contribution in [0.5, 0.6) is 0 Å². The van der Waals surface area contributed by atoms with Crippen molar-refractivity contribution in [2.24, 2.45) is 5.92 Å². The lowest BCUT2D eigenvalue weighted by atomic mass is 9.90. The zero-order chi connectivity index (χ0) is 12.8. The number of rotatable bonds is 4. The first-order valence-corrected chi connectivity index (χ1v) is 6.68. The van der Waals surface area contributed by atoms with E-state index >= 15 is 0 Å². The predicted molar refractivity (Wildman–Crippen MR) is 72.7 cm³/mol. The fourth-order valence-electron chi connectivity index (χ4n) is 2.63. The molecular weight excluding hydrogens is 225 g/mol. The lowest BCUT2D eigenvalue weighted by Crippen LogP contribution is -2.34. The number of halogens is 1.